The Morgan fingerprint density at radius 3 is 2.33 bits per heavy atom. The minimum atomic E-state index is -0.719. The maximum absolute atomic E-state index is 12.4. The van der Waals surface area contributed by atoms with Crippen molar-refractivity contribution in [3.05, 3.63) is 35.9 Å². The molecule has 1 saturated carbocycles. The summed E-state index contributed by atoms with van der Waals surface area (Å²) in [5, 5.41) is 0. The highest BCUT2D eigenvalue weighted by Crippen LogP contribution is 2.27. The third-order valence-corrected chi connectivity index (χ3v) is 3.60. The van der Waals surface area contributed by atoms with Gasteiger partial charge in [-0.15, -0.1) is 0 Å². The van der Waals surface area contributed by atoms with E-state index in [1.165, 1.54) is 19.3 Å². The van der Waals surface area contributed by atoms with Crippen LogP contribution in [0.1, 0.15) is 56.3 Å². The first-order valence-electron chi connectivity index (χ1n) is 6.87. The second-order valence-electron chi connectivity index (χ2n) is 5.58. The Kier molecular flexibility index (Phi) is 4.18. The lowest BCUT2D eigenvalue weighted by Gasteiger charge is -2.31. The van der Waals surface area contributed by atoms with Gasteiger partial charge in [0.05, 0.1) is 6.10 Å². The van der Waals surface area contributed by atoms with Gasteiger partial charge in [-0.2, -0.15) is 0 Å². The van der Waals surface area contributed by atoms with E-state index in [1.807, 2.05) is 44.2 Å². The zero-order chi connectivity index (χ0) is 13.0. The summed E-state index contributed by atoms with van der Waals surface area (Å²) in [6.07, 6.45) is 6.17. The fourth-order valence-corrected chi connectivity index (χ4v) is 2.59. The average Bonchev–Trinajstić information content (AvgIpc) is 2.39. The van der Waals surface area contributed by atoms with Gasteiger partial charge in [0.2, 0.25) is 0 Å². The molecular weight excluding hydrogens is 224 g/mol. The molecule has 0 heterocycles. The van der Waals surface area contributed by atoms with Gasteiger partial charge in [-0.1, -0.05) is 49.6 Å². The van der Waals surface area contributed by atoms with Crippen LogP contribution >= 0.6 is 0 Å². The molecule has 0 saturated heterocycles. The first-order valence-corrected chi connectivity index (χ1v) is 6.87. The van der Waals surface area contributed by atoms with Crippen molar-refractivity contribution in [3.8, 4) is 0 Å². The Morgan fingerprint density at radius 2 is 1.72 bits per heavy atom. The lowest BCUT2D eigenvalue weighted by Crippen LogP contribution is -2.39. The van der Waals surface area contributed by atoms with E-state index in [4.69, 9.17) is 4.74 Å². The zero-order valence-corrected chi connectivity index (χ0v) is 11.3. The van der Waals surface area contributed by atoms with E-state index < -0.39 is 5.60 Å². The number of hydrogen-bond donors (Lipinski definition) is 0. The van der Waals surface area contributed by atoms with Crippen molar-refractivity contribution in [3.63, 3.8) is 0 Å². The summed E-state index contributed by atoms with van der Waals surface area (Å²) in [5.41, 5.74) is 0.0157. The summed E-state index contributed by atoms with van der Waals surface area (Å²) in [4.78, 5) is 12.4. The zero-order valence-electron chi connectivity index (χ0n) is 11.3. The Balaban J connectivity index is 2.03. The molecule has 0 atom stereocenters. The van der Waals surface area contributed by atoms with E-state index in [0.29, 0.717) is 0 Å². The fourth-order valence-electron chi connectivity index (χ4n) is 2.59. The summed E-state index contributed by atoms with van der Waals surface area (Å²) in [7, 11) is 0. The lowest BCUT2D eigenvalue weighted by molar-refractivity contribution is -0.0636. The molecule has 18 heavy (non-hydrogen) atoms. The number of ketones is 1. The van der Waals surface area contributed by atoms with Crippen molar-refractivity contribution in [1.29, 1.82) is 0 Å². The number of benzene rings is 1. The summed E-state index contributed by atoms with van der Waals surface area (Å²) in [5.74, 6) is 0.0775. The van der Waals surface area contributed by atoms with Gasteiger partial charge in [-0.05, 0) is 26.7 Å². The SMILES string of the molecule is CC(C)(OC1CCCCC1)C(=O)c1ccccc1. The quantitative estimate of drug-likeness (QED) is 0.751. The Labute approximate surface area is 109 Å². The number of ether oxygens (including phenoxy) is 1. The second kappa shape index (κ2) is 5.66. The van der Waals surface area contributed by atoms with E-state index in [9.17, 15) is 4.79 Å². The Bertz CT molecular complexity index is 389. The van der Waals surface area contributed by atoms with E-state index in [2.05, 4.69) is 0 Å². The summed E-state index contributed by atoms with van der Waals surface area (Å²) in [6, 6.07) is 9.42. The van der Waals surface area contributed by atoms with Crippen molar-refractivity contribution >= 4 is 5.78 Å². The molecule has 0 N–H and O–H groups in total. The largest absolute Gasteiger partial charge is 0.364 e. The number of Topliss-reactive ketones (excluding diaryl/α,β-unsaturated/α-hetero) is 1. The van der Waals surface area contributed by atoms with E-state index in [1.54, 1.807) is 0 Å². The molecule has 0 radical (unpaired) electrons. The smallest absolute Gasteiger partial charge is 0.194 e. The predicted octanol–water partition coefficient (Wildman–Crippen LogP) is 4.00. The summed E-state index contributed by atoms with van der Waals surface area (Å²) < 4.78 is 6.05. The van der Waals surface area contributed by atoms with Crippen LogP contribution in [0.4, 0.5) is 0 Å². The molecule has 2 rings (SSSR count). The minimum absolute atomic E-state index is 0.0775. The van der Waals surface area contributed by atoms with E-state index in [-0.39, 0.29) is 11.9 Å². The van der Waals surface area contributed by atoms with Crippen LogP contribution in [0.2, 0.25) is 0 Å². The number of rotatable bonds is 4. The lowest BCUT2D eigenvalue weighted by atomic mass is 9.93. The monoisotopic (exact) mass is 246 g/mol. The average molecular weight is 246 g/mol. The van der Waals surface area contributed by atoms with Crippen LogP contribution in [0, 0.1) is 0 Å². The highest BCUT2D eigenvalue weighted by atomic mass is 16.5. The summed E-state index contributed by atoms with van der Waals surface area (Å²) >= 11 is 0. The molecule has 98 valence electrons. The fraction of sp³-hybridized carbons (Fsp3) is 0.562. The van der Waals surface area contributed by atoms with Crippen LogP contribution in [0.25, 0.3) is 0 Å². The van der Waals surface area contributed by atoms with Crippen molar-refractivity contribution in [1.82, 2.24) is 0 Å². The Hall–Kier alpha value is -1.15. The van der Waals surface area contributed by atoms with Crippen molar-refractivity contribution in [2.75, 3.05) is 0 Å². The van der Waals surface area contributed by atoms with Crippen molar-refractivity contribution < 1.29 is 9.53 Å². The molecule has 2 heteroatoms. The van der Waals surface area contributed by atoms with Gasteiger partial charge in [-0.25, -0.2) is 0 Å². The highest BCUT2D eigenvalue weighted by Gasteiger charge is 2.32. The number of carbonyl (C=O) groups excluding carboxylic acids is 1. The third kappa shape index (κ3) is 3.20. The molecule has 0 aliphatic heterocycles. The summed E-state index contributed by atoms with van der Waals surface area (Å²) in [6.45, 7) is 3.77. The molecule has 0 aromatic heterocycles. The van der Waals surface area contributed by atoms with Crippen LogP contribution in [0.5, 0.6) is 0 Å². The maximum atomic E-state index is 12.4. The van der Waals surface area contributed by atoms with E-state index >= 15 is 0 Å². The van der Waals surface area contributed by atoms with Crippen LogP contribution in [-0.2, 0) is 4.74 Å². The van der Waals surface area contributed by atoms with Gasteiger partial charge in [0, 0.05) is 5.56 Å². The van der Waals surface area contributed by atoms with Crippen LogP contribution in [-0.4, -0.2) is 17.5 Å². The Morgan fingerprint density at radius 1 is 1.11 bits per heavy atom. The molecule has 1 aromatic carbocycles. The molecule has 0 amide bonds. The maximum Gasteiger partial charge on any atom is 0.194 e. The van der Waals surface area contributed by atoms with Crippen LogP contribution in [0.3, 0.4) is 0 Å². The molecule has 0 bridgehead atoms. The first kappa shape index (κ1) is 13.3. The van der Waals surface area contributed by atoms with Gasteiger partial charge in [0.25, 0.3) is 0 Å². The molecular formula is C16H22O2. The molecule has 0 unspecified atom stereocenters. The van der Waals surface area contributed by atoms with Gasteiger partial charge in [0.15, 0.2) is 5.78 Å². The number of hydrogen-bond acceptors (Lipinski definition) is 2. The molecule has 1 aliphatic carbocycles. The predicted molar refractivity (Wildman–Crippen MR) is 72.8 cm³/mol. The van der Waals surface area contributed by atoms with Crippen molar-refractivity contribution in [2.45, 2.75) is 57.7 Å². The molecule has 1 aliphatic rings. The first-order chi connectivity index (χ1) is 8.59. The highest BCUT2D eigenvalue weighted by molar-refractivity contribution is 6.01. The third-order valence-electron chi connectivity index (χ3n) is 3.60. The molecule has 1 aromatic rings. The van der Waals surface area contributed by atoms with Gasteiger partial charge in [0.1, 0.15) is 5.60 Å². The van der Waals surface area contributed by atoms with Crippen molar-refractivity contribution in [2.24, 2.45) is 0 Å². The van der Waals surface area contributed by atoms with Gasteiger partial charge >= 0.3 is 0 Å². The van der Waals surface area contributed by atoms with Crippen LogP contribution < -0.4 is 0 Å². The topological polar surface area (TPSA) is 26.3 Å². The molecule has 2 nitrogen and oxygen atoms in total. The minimum Gasteiger partial charge on any atom is -0.364 e. The van der Waals surface area contributed by atoms with Gasteiger partial charge < -0.3 is 4.74 Å². The van der Waals surface area contributed by atoms with Gasteiger partial charge in [-0.3, -0.25) is 4.79 Å². The normalized spacial score (nSPS) is 17.7. The van der Waals surface area contributed by atoms with E-state index in [0.717, 1.165) is 18.4 Å². The molecule has 0 spiro atoms. The second-order valence-corrected chi connectivity index (χ2v) is 5.58. The van der Waals surface area contributed by atoms with Crippen LogP contribution in [0.15, 0.2) is 30.3 Å². The molecule has 1 fully saturated rings. The standard InChI is InChI=1S/C16H22O2/c1-16(2,18-14-11-7-4-8-12-14)15(17)13-9-5-3-6-10-13/h3,5-6,9-10,14H,4,7-8,11-12H2,1-2H3. The number of carbonyl (C=O) groups is 1.